The number of carboxylic acid groups (broad SMARTS) is 1. The minimum Gasteiger partial charge on any atom is -0.465 e. The van der Waals surface area contributed by atoms with Gasteiger partial charge in [0, 0.05) is 43.5 Å². The van der Waals surface area contributed by atoms with Crippen molar-refractivity contribution in [2.45, 2.75) is 0 Å². The molecule has 1 aliphatic heterocycles. The van der Waals surface area contributed by atoms with Crippen molar-refractivity contribution in [3.05, 3.63) is 66.5 Å². The third-order valence-corrected chi connectivity index (χ3v) is 5.02. The van der Waals surface area contributed by atoms with E-state index in [-0.39, 0.29) is 5.91 Å². The van der Waals surface area contributed by atoms with E-state index in [0.29, 0.717) is 31.7 Å². The molecule has 2 N–H and O–H groups in total. The molecule has 0 unspecified atom stereocenters. The number of hydrogen-bond donors (Lipinski definition) is 2. The normalized spacial score (nSPS) is 14.1. The number of carbonyl (C=O) groups is 2. The maximum Gasteiger partial charge on any atom is 0.407 e. The summed E-state index contributed by atoms with van der Waals surface area (Å²) >= 11 is 0. The zero-order chi connectivity index (χ0) is 19.5. The second-order valence-electron chi connectivity index (χ2n) is 6.70. The van der Waals surface area contributed by atoms with Gasteiger partial charge in [0.25, 0.3) is 5.91 Å². The number of benzene rings is 2. The first-order valence-electron chi connectivity index (χ1n) is 9.08. The quantitative estimate of drug-likeness (QED) is 0.735. The van der Waals surface area contributed by atoms with Crippen LogP contribution in [0, 0.1) is 0 Å². The van der Waals surface area contributed by atoms with Crippen LogP contribution in [-0.2, 0) is 0 Å². The van der Waals surface area contributed by atoms with Crippen molar-refractivity contribution in [1.82, 2.24) is 20.0 Å². The Kier molecular flexibility index (Phi) is 4.80. The first-order valence-corrected chi connectivity index (χ1v) is 9.08. The Morgan fingerprint density at radius 3 is 1.79 bits per heavy atom. The lowest BCUT2D eigenvalue weighted by Crippen LogP contribution is -2.50. The van der Waals surface area contributed by atoms with Crippen LogP contribution in [0.25, 0.3) is 22.3 Å². The molecule has 1 aromatic heterocycles. The molecule has 0 radical (unpaired) electrons. The second-order valence-corrected chi connectivity index (χ2v) is 6.70. The predicted octanol–water partition coefficient (Wildman–Crippen LogP) is 3.18. The summed E-state index contributed by atoms with van der Waals surface area (Å²) in [6, 6.07) is 15.7. The van der Waals surface area contributed by atoms with Crippen LogP contribution < -0.4 is 0 Å². The number of nitrogens with one attached hydrogen (secondary N) is 1. The topological polar surface area (TPSA) is 89.5 Å². The summed E-state index contributed by atoms with van der Waals surface area (Å²) in [5.74, 6) is -0.0631. The lowest BCUT2D eigenvalue weighted by Gasteiger charge is -2.33. The maximum absolute atomic E-state index is 12.7. The largest absolute Gasteiger partial charge is 0.465 e. The van der Waals surface area contributed by atoms with E-state index in [1.54, 1.807) is 11.1 Å². The predicted molar refractivity (Wildman–Crippen MR) is 105 cm³/mol. The maximum atomic E-state index is 12.7. The van der Waals surface area contributed by atoms with Gasteiger partial charge in [-0.2, -0.15) is 5.10 Å². The molecule has 28 heavy (non-hydrogen) atoms. The van der Waals surface area contributed by atoms with Gasteiger partial charge in [0.05, 0.1) is 6.20 Å². The number of piperazine rings is 1. The van der Waals surface area contributed by atoms with E-state index in [0.717, 1.165) is 22.3 Å². The Bertz CT molecular complexity index is 958. The van der Waals surface area contributed by atoms with Crippen molar-refractivity contribution >= 4 is 12.0 Å². The van der Waals surface area contributed by atoms with Crippen molar-refractivity contribution in [3.63, 3.8) is 0 Å². The van der Waals surface area contributed by atoms with E-state index in [1.807, 2.05) is 54.7 Å². The number of carbonyl (C=O) groups excluding carboxylic acids is 1. The molecule has 142 valence electrons. The van der Waals surface area contributed by atoms with Crippen molar-refractivity contribution in [3.8, 4) is 22.3 Å². The van der Waals surface area contributed by atoms with Crippen molar-refractivity contribution in [2.24, 2.45) is 0 Å². The summed E-state index contributed by atoms with van der Waals surface area (Å²) in [6.07, 6.45) is 2.70. The molecule has 7 nitrogen and oxygen atoms in total. The van der Waals surface area contributed by atoms with Gasteiger partial charge in [-0.05, 0) is 28.8 Å². The fourth-order valence-electron chi connectivity index (χ4n) is 3.35. The third-order valence-electron chi connectivity index (χ3n) is 5.02. The zero-order valence-corrected chi connectivity index (χ0v) is 15.2. The Labute approximate surface area is 162 Å². The Hall–Kier alpha value is -3.61. The average Bonchev–Trinajstić information content (AvgIpc) is 3.28. The van der Waals surface area contributed by atoms with Gasteiger partial charge in [-0.25, -0.2) is 4.79 Å². The van der Waals surface area contributed by atoms with E-state index in [2.05, 4.69) is 10.2 Å². The smallest absolute Gasteiger partial charge is 0.407 e. The fraction of sp³-hybridized carbons (Fsp3) is 0.190. The summed E-state index contributed by atoms with van der Waals surface area (Å²) in [5, 5.41) is 15.8. The molecule has 0 aliphatic carbocycles. The van der Waals surface area contributed by atoms with E-state index in [9.17, 15) is 9.59 Å². The van der Waals surface area contributed by atoms with Crippen molar-refractivity contribution in [2.75, 3.05) is 26.2 Å². The summed E-state index contributed by atoms with van der Waals surface area (Å²) in [6.45, 7) is 1.54. The van der Waals surface area contributed by atoms with E-state index >= 15 is 0 Å². The Morgan fingerprint density at radius 2 is 1.29 bits per heavy atom. The van der Waals surface area contributed by atoms with E-state index < -0.39 is 6.09 Å². The molecule has 1 fully saturated rings. The van der Waals surface area contributed by atoms with Gasteiger partial charge < -0.3 is 14.9 Å². The minimum atomic E-state index is -0.935. The van der Waals surface area contributed by atoms with Gasteiger partial charge in [0.2, 0.25) is 0 Å². The van der Waals surface area contributed by atoms with Crippen LogP contribution in [0.3, 0.4) is 0 Å². The summed E-state index contributed by atoms with van der Waals surface area (Å²) < 4.78 is 0. The average molecular weight is 376 g/mol. The monoisotopic (exact) mass is 376 g/mol. The molecule has 1 aliphatic rings. The van der Waals surface area contributed by atoms with Gasteiger partial charge in [0.15, 0.2) is 0 Å². The van der Waals surface area contributed by atoms with Crippen LogP contribution in [-0.4, -0.2) is 63.3 Å². The van der Waals surface area contributed by atoms with Gasteiger partial charge >= 0.3 is 6.09 Å². The first-order chi connectivity index (χ1) is 13.6. The summed E-state index contributed by atoms with van der Waals surface area (Å²) in [4.78, 5) is 26.7. The third kappa shape index (κ3) is 3.59. The molecule has 7 heteroatoms. The van der Waals surface area contributed by atoms with Gasteiger partial charge in [-0.15, -0.1) is 0 Å². The number of hydrogen-bond acceptors (Lipinski definition) is 3. The summed E-state index contributed by atoms with van der Waals surface area (Å²) in [7, 11) is 0. The molecule has 2 aromatic carbocycles. The molecular formula is C21H20N4O3. The van der Waals surface area contributed by atoms with Crippen LogP contribution >= 0.6 is 0 Å². The molecule has 0 bridgehead atoms. The number of aromatic amines is 1. The lowest BCUT2D eigenvalue weighted by atomic mass is 10.0. The Morgan fingerprint density at radius 1 is 0.786 bits per heavy atom. The summed E-state index contributed by atoms with van der Waals surface area (Å²) in [5.41, 5.74) is 4.84. The van der Waals surface area contributed by atoms with Crippen LogP contribution in [0.5, 0.6) is 0 Å². The number of H-pyrrole nitrogens is 1. The molecule has 2 heterocycles. The minimum absolute atomic E-state index is 0.0631. The standard InChI is InChI=1S/C21H20N4O3/c26-20(24-9-11-25(12-10-24)21(27)28)18-7-5-16(6-8-18)15-1-3-17(4-2-15)19-13-22-23-14-19/h1-8,13-14H,9-12H2,(H,22,23)(H,27,28). The van der Waals surface area contributed by atoms with Crippen molar-refractivity contribution < 1.29 is 14.7 Å². The highest BCUT2D eigenvalue weighted by Crippen LogP contribution is 2.25. The number of rotatable bonds is 3. The molecule has 4 rings (SSSR count). The highest BCUT2D eigenvalue weighted by molar-refractivity contribution is 5.95. The molecule has 1 saturated heterocycles. The van der Waals surface area contributed by atoms with E-state index in [4.69, 9.17) is 5.11 Å². The number of aromatic nitrogens is 2. The first kappa shape index (κ1) is 17.8. The van der Waals surface area contributed by atoms with Crippen LogP contribution in [0.2, 0.25) is 0 Å². The molecule has 0 saturated carbocycles. The zero-order valence-electron chi connectivity index (χ0n) is 15.2. The molecule has 0 spiro atoms. The fourth-order valence-corrected chi connectivity index (χ4v) is 3.35. The van der Waals surface area contributed by atoms with Gasteiger partial charge in [-0.1, -0.05) is 36.4 Å². The van der Waals surface area contributed by atoms with Gasteiger partial charge in [-0.3, -0.25) is 9.89 Å². The molecule has 2 amide bonds. The highest BCUT2D eigenvalue weighted by Gasteiger charge is 2.24. The van der Waals surface area contributed by atoms with Gasteiger partial charge in [0.1, 0.15) is 0 Å². The Balaban J connectivity index is 1.44. The second kappa shape index (κ2) is 7.56. The highest BCUT2D eigenvalue weighted by atomic mass is 16.4. The molecule has 0 atom stereocenters. The van der Waals surface area contributed by atoms with Crippen LogP contribution in [0.15, 0.2) is 60.9 Å². The van der Waals surface area contributed by atoms with Crippen molar-refractivity contribution in [1.29, 1.82) is 0 Å². The molecule has 3 aromatic rings. The molecular weight excluding hydrogens is 356 g/mol. The number of nitrogens with zero attached hydrogens (tertiary/aromatic N) is 3. The number of amides is 2. The van der Waals surface area contributed by atoms with Crippen LogP contribution in [0.4, 0.5) is 4.79 Å². The van der Waals surface area contributed by atoms with Crippen LogP contribution in [0.1, 0.15) is 10.4 Å². The SMILES string of the molecule is O=C(O)N1CCN(C(=O)c2ccc(-c3ccc(-c4cn[nH]c4)cc3)cc2)CC1. The van der Waals surface area contributed by atoms with E-state index in [1.165, 1.54) is 4.90 Å². The lowest BCUT2D eigenvalue weighted by molar-refractivity contribution is 0.0625.